The molecule has 4 N–H and O–H groups in total. The van der Waals surface area contributed by atoms with Crippen molar-refractivity contribution in [2.75, 3.05) is 64.2 Å². The second kappa shape index (κ2) is 23.1. The zero-order valence-electron chi connectivity index (χ0n) is 35.7. The Kier molecular flexibility index (Phi) is 18.3. The van der Waals surface area contributed by atoms with Gasteiger partial charge in [0.15, 0.2) is 23.8 Å². The zero-order valence-corrected chi connectivity index (χ0v) is 37.3. The number of hydrogen-bond donors (Lipinski definition) is 2. The van der Waals surface area contributed by atoms with E-state index in [2.05, 4.69) is 170 Å². The Hall–Kier alpha value is -4.62. The lowest BCUT2D eigenvalue weighted by atomic mass is 10.1. The molecular formula is C46H64N8O2S2+2. The molecule has 0 spiro atoms. The van der Waals surface area contributed by atoms with Crippen molar-refractivity contribution in [2.24, 2.45) is 11.5 Å². The molecular weight excluding hydrogens is 761 g/mol. The summed E-state index contributed by atoms with van der Waals surface area (Å²) in [6.45, 7) is 13.2. The van der Waals surface area contributed by atoms with Gasteiger partial charge in [0.25, 0.3) is 0 Å². The number of anilines is 2. The highest BCUT2D eigenvalue weighted by molar-refractivity contribution is 8.77. The topological polar surface area (TPSA) is 107 Å². The van der Waals surface area contributed by atoms with E-state index in [0.29, 0.717) is 13.1 Å². The smallest absolute Gasteiger partial charge is 0.250 e. The monoisotopic (exact) mass is 824 g/mol. The highest BCUT2D eigenvalue weighted by Gasteiger charge is 2.24. The summed E-state index contributed by atoms with van der Waals surface area (Å²) in [5.74, 6) is -0.379. The molecule has 0 fully saturated rings. The average molecular weight is 825 g/mol. The van der Waals surface area contributed by atoms with Crippen LogP contribution in [0.5, 0.6) is 0 Å². The zero-order chi connectivity index (χ0) is 42.2. The second-order valence-electron chi connectivity index (χ2n) is 14.7. The number of aromatic nitrogens is 2. The molecule has 310 valence electrons. The second-order valence-corrected chi connectivity index (χ2v) is 17.3. The summed E-state index contributed by atoms with van der Waals surface area (Å²) in [5.41, 5.74) is 21.8. The van der Waals surface area contributed by atoms with Crippen LogP contribution in [0.2, 0.25) is 0 Å². The van der Waals surface area contributed by atoms with E-state index in [1.54, 1.807) is 23.9 Å². The maximum absolute atomic E-state index is 13.0. The molecule has 0 radical (unpaired) electrons. The fraction of sp³-hybridized carbons (Fsp3) is 0.391. The Morgan fingerprint density at radius 2 is 0.914 bits per heavy atom. The maximum atomic E-state index is 13.0. The molecule has 2 aromatic heterocycles. The van der Waals surface area contributed by atoms with Gasteiger partial charge in [-0.05, 0) is 73.2 Å². The summed E-state index contributed by atoms with van der Waals surface area (Å²) in [6.07, 6.45) is 14.3. The average Bonchev–Trinajstić information content (AvgIpc) is 3.23. The fourth-order valence-corrected chi connectivity index (χ4v) is 8.49. The van der Waals surface area contributed by atoms with Gasteiger partial charge in [0.05, 0.1) is 0 Å². The number of pyridine rings is 2. The predicted molar refractivity (Wildman–Crippen MR) is 247 cm³/mol. The van der Waals surface area contributed by atoms with E-state index in [9.17, 15) is 9.59 Å². The molecule has 2 atom stereocenters. The van der Waals surface area contributed by atoms with Crippen molar-refractivity contribution in [1.82, 2.24) is 9.80 Å². The molecule has 0 aliphatic rings. The fourth-order valence-electron chi connectivity index (χ4n) is 6.52. The molecule has 2 aromatic carbocycles. The third kappa shape index (κ3) is 14.0. The van der Waals surface area contributed by atoms with Gasteiger partial charge in [0.2, 0.25) is 11.8 Å². The van der Waals surface area contributed by atoms with Gasteiger partial charge in [-0.25, -0.2) is 9.13 Å². The Morgan fingerprint density at radius 3 is 1.24 bits per heavy atom. The van der Waals surface area contributed by atoms with Crippen LogP contribution in [0.4, 0.5) is 11.4 Å². The third-order valence-electron chi connectivity index (χ3n) is 10.3. The number of likely N-dealkylation sites (N-methyl/N-ethyl adjacent to an activating group) is 2. The van der Waals surface area contributed by atoms with Gasteiger partial charge < -0.3 is 31.1 Å². The summed E-state index contributed by atoms with van der Waals surface area (Å²) >= 11 is 0. The molecule has 4 rings (SSSR count). The molecule has 2 amide bonds. The predicted octanol–water partition coefficient (Wildman–Crippen LogP) is 6.48. The van der Waals surface area contributed by atoms with Crippen LogP contribution in [0.3, 0.4) is 0 Å². The summed E-state index contributed by atoms with van der Waals surface area (Å²) in [7, 11) is 9.92. The standard InChI is InChI=1S/C46H64N8O2S2/c1-9-53-31-25-39(33-35(53)3)15-13-37-17-21-41(22-18-37)49(5)27-11-29-51(7)45(55)43(47)57-58-44(48)46(56)52(8)30-12-28-50(6)42-23-19-38(20-24-42)14-16-40-26-32-54(10-2)36(4)34-40/h13-26,31-34,43-44H,9-12,27-30,47-48H2,1-8H3/q+2. The van der Waals surface area contributed by atoms with Gasteiger partial charge in [-0.2, -0.15) is 0 Å². The van der Waals surface area contributed by atoms with Crippen LogP contribution in [-0.4, -0.2) is 86.7 Å². The lowest BCUT2D eigenvalue weighted by molar-refractivity contribution is -0.699. The first-order valence-corrected chi connectivity index (χ1v) is 22.4. The van der Waals surface area contributed by atoms with Crippen molar-refractivity contribution in [3.05, 3.63) is 119 Å². The number of amides is 2. The van der Waals surface area contributed by atoms with Crippen molar-refractivity contribution < 1.29 is 18.7 Å². The number of rotatable bonds is 21. The first-order valence-electron chi connectivity index (χ1n) is 20.1. The molecule has 4 aromatic rings. The van der Waals surface area contributed by atoms with Crippen molar-refractivity contribution in [3.8, 4) is 0 Å². The van der Waals surface area contributed by atoms with Crippen molar-refractivity contribution in [2.45, 2.75) is 64.4 Å². The molecule has 12 heteroatoms. The van der Waals surface area contributed by atoms with E-state index in [-0.39, 0.29) is 11.8 Å². The lowest BCUT2D eigenvalue weighted by Gasteiger charge is -2.25. The third-order valence-corrected chi connectivity index (χ3v) is 12.8. The largest absolute Gasteiger partial charge is 0.375 e. The molecule has 0 saturated heterocycles. The Labute approximate surface area is 355 Å². The van der Waals surface area contributed by atoms with Crippen LogP contribution in [0.25, 0.3) is 24.3 Å². The van der Waals surface area contributed by atoms with Gasteiger partial charge in [0.1, 0.15) is 23.8 Å². The molecule has 0 aliphatic carbocycles. The minimum atomic E-state index is -0.823. The van der Waals surface area contributed by atoms with Crippen LogP contribution in [0.1, 0.15) is 60.3 Å². The van der Waals surface area contributed by atoms with Crippen LogP contribution in [0, 0.1) is 13.8 Å². The Balaban J connectivity index is 1.11. The number of nitrogens with zero attached hydrogens (tertiary/aromatic N) is 6. The van der Waals surface area contributed by atoms with Gasteiger partial charge in [0, 0.05) is 104 Å². The van der Waals surface area contributed by atoms with Crippen LogP contribution < -0.4 is 30.4 Å². The van der Waals surface area contributed by atoms with Crippen LogP contribution >= 0.6 is 21.6 Å². The normalized spacial score (nSPS) is 12.5. The Morgan fingerprint density at radius 1 is 0.569 bits per heavy atom. The molecule has 2 unspecified atom stereocenters. The van der Waals surface area contributed by atoms with E-state index in [0.717, 1.165) is 83.1 Å². The van der Waals surface area contributed by atoms with Crippen molar-refractivity contribution >= 4 is 69.1 Å². The van der Waals surface area contributed by atoms with Crippen LogP contribution in [0.15, 0.2) is 85.2 Å². The van der Waals surface area contributed by atoms with Crippen molar-refractivity contribution in [3.63, 3.8) is 0 Å². The first-order chi connectivity index (χ1) is 27.8. The molecule has 58 heavy (non-hydrogen) atoms. The summed E-state index contributed by atoms with van der Waals surface area (Å²) in [4.78, 5) is 33.7. The number of carbonyl (C=O) groups is 2. The summed E-state index contributed by atoms with van der Waals surface area (Å²) < 4.78 is 4.44. The highest BCUT2D eigenvalue weighted by Crippen LogP contribution is 2.28. The van der Waals surface area contributed by atoms with Crippen LogP contribution in [-0.2, 0) is 22.7 Å². The molecule has 0 aliphatic heterocycles. The van der Waals surface area contributed by atoms with E-state index in [1.807, 2.05) is 0 Å². The summed E-state index contributed by atoms with van der Waals surface area (Å²) in [6, 6.07) is 25.6. The molecule has 0 bridgehead atoms. The van der Waals surface area contributed by atoms with Gasteiger partial charge >= 0.3 is 0 Å². The molecule has 2 heterocycles. The first kappa shape index (κ1) is 46.1. The molecule has 0 saturated carbocycles. The molecule has 10 nitrogen and oxygen atoms in total. The summed E-state index contributed by atoms with van der Waals surface area (Å²) in [5, 5.41) is -1.65. The number of hydrogen-bond acceptors (Lipinski definition) is 8. The van der Waals surface area contributed by atoms with E-state index in [4.69, 9.17) is 11.5 Å². The highest BCUT2D eigenvalue weighted by atomic mass is 33.1. The van der Waals surface area contributed by atoms with E-state index in [1.165, 1.54) is 22.5 Å². The maximum Gasteiger partial charge on any atom is 0.250 e. The number of aryl methyl sites for hydroxylation is 4. The minimum Gasteiger partial charge on any atom is -0.375 e. The lowest BCUT2D eigenvalue weighted by Crippen LogP contribution is -2.42. The van der Waals surface area contributed by atoms with E-state index >= 15 is 0 Å². The van der Waals surface area contributed by atoms with Gasteiger partial charge in [-0.3, -0.25) is 9.59 Å². The van der Waals surface area contributed by atoms with E-state index < -0.39 is 10.7 Å². The number of carbonyl (C=O) groups excluding carboxylic acids is 2. The SMILES string of the molecule is CC[n+]1ccc(/C=C/c2ccc(N(C)CCCN(C)C(=O)C(N)SSC(N)C(=O)N(C)CCCN(C)c3ccc(/C=C/c4cc[n+](CC)c(C)c4)cc3)cc2)cc1C. The quantitative estimate of drug-likeness (QED) is 0.0560. The minimum absolute atomic E-state index is 0.189. The Bertz CT molecular complexity index is 1840. The van der Waals surface area contributed by atoms with Gasteiger partial charge in [-0.1, -0.05) is 70.2 Å². The number of nitrogens with two attached hydrogens (primary N) is 2. The number of benzene rings is 2. The van der Waals surface area contributed by atoms with Gasteiger partial charge in [-0.15, -0.1) is 0 Å². The van der Waals surface area contributed by atoms with Crippen molar-refractivity contribution in [1.29, 1.82) is 0 Å².